The molecule has 0 aliphatic carbocycles. The van der Waals surface area contributed by atoms with E-state index in [0.29, 0.717) is 17.8 Å². The molecule has 1 aliphatic heterocycles. The Hall–Kier alpha value is -1.74. The number of thiophene rings is 1. The number of para-hydroxylation sites is 1. The van der Waals surface area contributed by atoms with Gasteiger partial charge in [-0.05, 0) is 42.5 Å². The highest BCUT2D eigenvalue weighted by atomic mass is 32.2. The van der Waals surface area contributed by atoms with Crippen molar-refractivity contribution in [2.75, 3.05) is 13.1 Å². The van der Waals surface area contributed by atoms with Crippen molar-refractivity contribution in [3.8, 4) is 0 Å². The van der Waals surface area contributed by atoms with Crippen LogP contribution < -0.4 is 4.72 Å². The second-order valence-electron chi connectivity index (χ2n) is 6.67. The smallest absolute Gasteiger partial charge is 0.217 e. The van der Waals surface area contributed by atoms with E-state index in [-0.39, 0.29) is 11.8 Å². The largest absolute Gasteiger partial charge is 0.356 e. The minimum Gasteiger partial charge on any atom is -0.356 e. The highest BCUT2D eigenvalue weighted by molar-refractivity contribution is 7.88. The van der Waals surface area contributed by atoms with E-state index in [1.165, 1.54) is 10.4 Å². The first-order valence-electron chi connectivity index (χ1n) is 8.62. The Bertz CT molecular complexity index is 1010. The Morgan fingerprint density at radius 1 is 1.35 bits per heavy atom. The number of fused-ring (bicyclic) bond motifs is 2. The summed E-state index contributed by atoms with van der Waals surface area (Å²) in [6, 6.07) is 9.59. The van der Waals surface area contributed by atoms with E-state index in [0.717, 1.165) is 24.9 Å². The third-order valence-electron chi connectivity index (χ3n) is 4.84. The number of rotatable bonds is 6. The molecule has 0 fully saturated rings. The van der Waals surface area contributed by atoms with Gasteiger partial charge in [-0.15, -0.1) is 11.3 Å². The fourth-order valence-electron chi connectivity index (χ4n) is 3.30. The van der Waals surface area contributed by atoms with Gasteiger partial charge in [-0.1, -0.05) is 17.3 Å². The molecule has 6 nitrogen and oxygen atoms in total. The van der Waals surface area contributed by atoms with Gasteiger partial charge in [0.25, 0.3) is 0 Å². The van der Waals surface area contributed by atoms with Crippen molar-refractivity contribution in [1.29, 1.82) is 0 Å². The Kier molecular flexibility index (Phi) is 4.83. The molecule has 1 atom stereocenters. The van der Waals surface area contributed by atoms with Gasteiger partial charge in [0.2, 0.25) is 10.0 Å². The summed E-state index contributed by atoms with van der Waals surface area (Å²) in [6.07, 6.45) is 1.04. The normalized spacial score (nSPS) is 16.7. The molecule has 4 rings (SSSR count). The van der Waals surface area contributed by atoms with Gasteiger partial charge >= 0.3 is 0 Å². The zero-order valence-corrected chi connectivity index (χ0v) is 16.1. The highest BCUT2D eigenvalue weighted by Crippen LogP contribution is 2.25. The van der Waals surface area contributed by atoms with Crippen LogP contribution >= 0.6 is 11.3 Å². The summed E-state index contributed by atoms with van der Waals surface area (Å²) in [5.41, 5.74) is 2.41. The fourth-order valence-corrected chi connectivity index (χ4v) is 5.35. The van der Waals surface area contributed by atoms with Crippen molar-refractivity contribution in [3.05, 3.63) is 51.8 Å². The summed E-state index contributed by atoms with van der Waals surface area (Å²) in [6.45, 7) is 4.29. The molecular weight excluding hydrogens is 370 g/mol. The molecule has 1 aromatic carbocycles. The molecule has 0 saturated carbocycles. The molecule has 8 heteroatoms. The Labute approximate surface area is 156 Å². The Morgan fingerprint density at radius 3 is 3.08 bits per heavy atom. The molecule has 1 N–H and O–H groups in total. The average molecular weight is 392 g/mol. The minimum atomic E-state index is -3.48. The van der Waals surface area contributed by atoms with Crippen LogP contribution in [0.1, 0.15) is 23.1 Å². The van der Waals surface area contributed by atoms with E-state index >= 15 is 0 Å². The maximum atomic E-state index is 12.5. The van der Waals surface area contributed by atoms with E-state index in [4.69, 9.17) is 4.52 Å². The van der Waals surface area contributed by atoms with E-state index in [9.17, 15) is 8.42 Å². The summed E-state index contributed by atoms with van der Waals surface area (Å²) in [5, 5.41) is 6.78. The van der Waals surface area contributed by atoms with Crippen LogP contribution in [-0.4, -0.2) is 37.6 Å². The van der Waals surface area contributed by atoms with E-state index in [1.54, 1.807) is 17.4 Å². The van der Waals surface area contributed by atoms with Crippen molar-refractivity contribution in [2.45, 2.75) is 31.7 Å². The molecule has 2 aromatic heterocycles. The Morgan fingerprint density at radius 2 is 2.19 bits per heavy atom. The van der Waals surface area contributed by atoms with Gasteiger partial charge in [0.15, 0.2) is 5.58 Å². The predicted molar refractivity (Wildman–Crippen MR) is 103 cm³/mol. The number of benzene rings is 1. The minimum absolute atomic E-state index is 0.131. The maximum absolute atomic E-state index is 12.5. The van der Waals surface area contributed by atoms with Gasteiger partial charge in [0.1, 0.15) is 11.4 Å². The number of aromatic nitrogens is 1. The lowest BCUT2D eigenvalue weighted by Gasteiger charge is -2.32. The molecular formula is C18H21N3O3S2. The monoisotopic (exact) mass is 391 g/mol. The average Bonchev–Trinajstić information content (AvgIpc) is 3.26. The zero-order valence-electron chi connectivity index (χ0n) is 14.5. The molecule has 0 bridgehead atoms. The summed E-state index contributed by atoms with van der Waals surface area (Å²) in [4.78, 5) is 3.77. The van der Waals surface area contributed by atoms with Gasteiger partial charge in [-0.2, -0.15) is 0 Å². The van der Waals surface area contributed by atoms with Crippen LogP contribution in [0.15, 0.2) is 40.2 Å². The topological polar surface area (TPSA) is 75.4 Å². The predicted octanol–water partition coefficient (Wildman–Crippen LogP) is 2.76. The quantitative estimate of drug-likeness (QED) is 0.699. The van der Waals surface area contributed by atoms with E-state index in [2.05, 4.69) is 33.1 Å². The fraction of sp³-hybridized carbons (Fsp3) is 0.389. The maximum Gasteiger partial charge on any atom is 0.217 e. The van der Waals surface area contributed by atoms with Crippen LogP contribution in [0, 0.1) is 0 Å². The molecule has 0 amide bonds. The van der Waals surface area contributed by atoms with Gasteiger partial charge in [0, 0.05) is 35.9 Å². The number of sulfonamides is 1. The molecule has 1 unspecified atom stereocenters. The number of hydrogen-bond donors (Lipinski definition) is 1. The molecule has 1 aliphatic rings. The van der Waals surface area contributed by atoms with Crippen LogP contribution in [0.25, 0.3) is 11.0 Å². The number of nitrogens with zero attached hydrogens (tertiary/aromatic N) is 2. The molecule has 0 saturated heterocycles. The van der Waals surface area contributed by atoms with Crippen LogP contribution in [0.5, 0.6) is 0 Å². The second-order valence-corrected chi connectivity index (χ2v) is 9.48. The summed E-state index contributed by atoms with van der Waals surface area (Å²) in [7, 11) is -3.48. The lowest BCUT2D eigenvalue weighted by molar-refractivity contribution is 0.193. The Balaban J connectivity index is 1.37. The van der Waals surface area contributed by atoms with Crippen molar-refractivity contribution in [2.24, 2.45) is 0 Å². The van der Waals surface area contributed by atoms with Crippen molar-refractivity contribution in [3.63, 3.8) is 0 Å². The first kappa shape index (κ1) is 17.7. The lowest BCUT2D eigenvalue weighted by atomic mass is 10.1. The number of hydrogen-bond acceptors (Lipinski definition) is 6. The molecule has 26 heavy (non-hydrogen) atoms. The lowest BCUT2D eigenvalue weighted by Crippen LogP contribution is -2.44. The molecule has 3 aromatic rings. The van der Waals surface area contributed by atoms with E-state index < -0.39 is 10.0 Å². The van der Waals surface area contributed by atoms with Gasteiger partial charge in [-0.25, -0.2) is 13.1 Å². The van der Waals surface area contributed by atoms with Gasteiger partial charge in [0.05, 0.1) is 0 Å². The van der Waals surface area contributed by atoms with Crippen LogP contribution in [0.4, 0.5) is 0 Å². The van der Waals surface area contributed by atoms with Gasteiger partial charge in [-0.3, -0.25) is 4.90 Å². The number of nitrogens with one attached hydrogen (secondary N) is 1. The SMILES string of the molecule is CC(CNS(=O)(=O)Cc1noc2ccccc12)N1CCc2sccc2C1. The molecule has 0 spiro atoms. The van der Waals surface area contributed by atoms with Crippen LogP contribution in [-0.2, 0) is 28.7 Å². The molecule has 138 valence electrons. The summed E-state index contributed by atoms with van der Waals surface area (Å²) in [5.74, 6) is -0.175. The summed E-state index contributed by atoms with van der Waals surface area (Å²) < 4.78 is 32.9. The first-order valence-corrected chi connectivity index (χ1v) is 11.1. The molecule has 3 heterocycles. The third-order valence-corrected chi connectivity index (χ3v) is 7.12. The van der Waals surface area contributed by atoms with Crippen molar-refractivity contribution >= 4 is 32.3 Å². The summed E-state index contributed by atoms with van der Waals surface area (Å²) >= 11 is 1.81. The standard InChI is InChI=1S/C18H21N3O3S2/c1-13(21-8-6-18-14(11-21)7-9-25-18)10-19-26(22,23)12-16-15-4-2-3-5-17(15)24-20-16/h2-5,7,9,13,19H,6,8,10-12H2,1H3. The van der Waals surface area contributed by atoms with Crippen LogP contribution in [0.3, 0.4) is 0 Å². The van der Waals surface area contributed by atoms with Gasteiger partial charge < -0.3 is 4.52 Å². The highest BCUT2D eigenvalue weighted by Gasteiger charge is 2.23. The van der Waals surface area contributed by atoms with Crippen molar-refractivity contribution < 1.29 is 12.9 Å². The van der Waals surface area contributed by atoms with Crippen LogP contribution in [0.2, 0.25) is 0 Å². The first-order chi connectivity index (χ1) is 12.5. The molecule has 0 radical (unpaired) electrons. The third kappa shape index (κ3) is 3.68. The zero-order chi connectivity index (χ0) is 18.1. The van der Waals surface area contributed by atoms with Crippen molar-refractivity contribution in [1.82, 2.24) is 14.8 Å². The van der Waals surface area contributed by atoms with E-state index in [1.807, 2.05) is 18.2 Å². The second kappa shape index (κ2) is 7.11.